The summed E-state index contributed by atoms with van der Waals surface area (Å²) >= 11 is 10.6. The van der Waals surface area contributed by atoms with Crippen molar-refractivity contribution in [2.45, 2.75) is 0 Å². The number of nitrogens with zero attached hydrogens (tertiary/aromatic N) is 2. The van der Waals surface area contributed by atoms with Crippen molar-refractivity contribution in [1.29, 1.82) is 0 Å². The van der Waals surface area contributed by atoms with Crippen LogP contribution in [-0.2, 0) is 20.0 Å². The van der Waals surface area contributed by atoms with Crippen LogP contribution in [0.25, 0.3) is 0 Å². The highest BCUT2D eigenvalue weighted by molar-refractivity contribution is 7.90. The zero-order valence-electron chi connectivity index (χ0n) is 8.34. The van der Waals surface area contributed by atoms with E-state index < -0.39 is 30.5 Å². The predicted octanol–water partition coefficient (Wildman–Crippen LogP) is -0.344. The number of rotatable bonds is 4. The summed E-state index contributed by atoms with van der Waals surface area (Å²) in [5.41, 5.74) is 0. The minimum Gasteiger partial charge on any atom is -0.211 e. The molecule has 0 radical (unpaired) electrons. The highest BCUT2D eigenvalue weighted by Gasteiger charge is 2.30. The second-order valence-corrected chi connectivity index (χ2v) is 8.35. The summed E-state index contributed by atoms with van der Waals surface area (Å²) in [6, 6.07) is 0. The summed E-state index contributed by atoms with van der Waals surface area (Å²) < 4.78 is 47.9. The van der Waals surface area contributed by atoms with Crippen LogP contribution in [0.3, 0.4) is 0 Å². The monoisotopic (exact) mass is 310 g/mol. The Balaban J connectivity index is 2.66. The Morgan fingerprint density at radius 1 is 0.750 bits per heavy atom. The Hall–Kier alpha value is 0.400. The highest BCUT2D eigenvalue weighted by Crippen LogP contribution is 2.13. The molecule has 96 valence electrons. The molecule has 1 heterocycles. The van der Waals surface area contributed by atoms with Gasteiger partial charge in [-0.2, -0.15) is 8.61 Å². The third-order valence-electron chi connectivity index (χ3n) is 2.26. The summed E-state index contributed by atoms with van der Waals surface area (Å²) in [6.07, 6.45) is 0. The molecule has 0 bridgehead atoms. The van der Waals surface area contributed by atoms with Crippen LogP contribution in [0.1, 0.15) is 0 Å². The molecule has 10 heteroatoms. The molecule has 0 saturated carbocycles. The van der Waals surface area contributed by atoms with E-state index in [0.717, 1.165) is 0 Å². The SMILES string of the molecule is O=S(=O)(CCl)N1CCN(S(=O)(=O)CCl)CC1. The maximum absolute atomic E-state index is 11.4. The van der Waals surface area contributed by atoms with Crippen molar-refractivity contribution in [3.05, 3.63) is 0 Å². The van der Waals surface area contributed by atoms with Gasteiger partial charge in [0.05, 0.1) is 0 Å². The zero-order valence-corrected chi connectivity index (χ0v) is 11.5. The van der Waals surface area contributed by atoms with Crippen LogP contribution < -0.4 is 0 Å². The van der Waals surface area contributed by atoms with E-state index in [4.69, 9.17) is 23.2 Å². The van der Waals surface area contributed by atoms with Gasteiger partial charge in [-0.15, -0.1) is 23.2 Å². The number of sulfonamides is 2. The lowest BCUT2D eigenvalue weighted by atomic mass is 10.4. The van der Waals surface area contributed by atoms with E-state index in [1.165, 1.54) is 8.61 Å². The number of halogens is 2. The number of hydrogen-bond acceptors (Lipinski definition) is 4. The normalized spacial score (nSPS) is 21.1. The molecule has 0 aromatic heterocycles. The first kappa shape index (κ1) is 14.5. The van der Waals surface area contributed by atoms with E-state index in [-0.39, 0.29) is 26.2 Å². The van der Waals surface area contributed by atoms with Crippen LogP contribution in [0.2, 0.25) is 0 Å². The van der Waals surface area contributed by atoms with E-state index in [0.29, 0.717) is 0 Å². The van der Waals surface area contributed by atoms with Gasteiger partial charge in [-0.3, -0.25) is 0 Å². The van der Waals surface area contributed by atoms with Crippen molar-refractivity contribution in [2.75, 3.05) is 36.6 Å². The summed E-state index contributed by atoms with van der Waals surface area (Å²) in [4.78, 5) is 0. The lowest BCUT2D eigenvalue weighted by Crippen LogP contribution is -2.50. The van der Waals surface area contributed by atoms with Gasteiger partial charge < -0.3 is 0 Å². The molecule has 1 fully saturated rings. The molecule has 0 amide bonds. The van der Waals surface area contributed by atoms with Crippen molar-refractivity contribution in [3.63, 3.8) is 0 Å². The molecule has 0 spiro atoms. The second-order valence-electron chi connectivity index (χ2n) is 3.24. The molecular formula is C6H12Cl2N2O4S2. The van der Waals surface area contributed by atoms with Crippen molar-refractivity contribution >= 4 is 43.2 Å². The topological polar surface area (TPSA) is 74.8 Å². The van der Waals surface area contributed by atoms with Crippen LogP contribution in [0, 0.1) is 0 Å². The van der Waals surface area contributed by atoms with Gasteiger partial charge >= 0.3 is 0 Å². The maximum Gasteiger partial charge on any atom is 0.228 e. The van der Waals surface area contributed by atoms with Crippen LogP contribution in [0.5, 0.6) is 0 Å². The summed E-state index contributed by atoms with van der Waals surface area (Å²) in [7, 11) is -6.91. The largest absolute Gasteiger partial charge is 0.228 e. The van der Waals surface area contributed by atoms with Gasteiger partial charge in [0.15, 0.2) is 0 Å². The van der Waals surface area contributed by atoms with E-state index in [2.05, 4.69) is 0 Å². The molecule has 1 rings (SSSR count). The van der Waals surface area contributed by atoms with Crippen LogP contribution >= 0.6 is 23.2 Å². The van der Waals surface area contributed by atoms with Gasteiger partial charge in [0, 0.05) is 26.2 Å². The molecule has 6 nitrogen and oxygen atoms in total. The minimum absolute atomic E-state index is 0.116. The summed E-state index contributed by atoms with van der Waals surface area (Å²) in [5, 5.41) is -0.982. The highest BCUT2D eigenvalue weighted by atomic mass is 35.5. The molecule has 0 atom stereocenters. The van der Waals surface area contributed by atoms with Gasteiger partial charge in [-0.1, -0.05) is 0 Å². The van der Waals surface area contributed by atoms with E-state index in [1.54, 1.807) is 0 Å². The first-order chi connectivity index (χ1) is 7.33. The fourth-order valence-electron chi connectivity index (χ4n) is 1.36. The van der Waals surface area contributed by atoms with Crippen LogP contribution in [0.15, 0.2) is 0 Å². The molecule has 1 aliphatic heterocycles. The number of piperazine rings is 1. The smallest absolute Gasteiger partial charge is 0.211 e. The first-order valence-electron chi connectivity index (χ1n) is 4.41. The molecule has 0 N–H and O–H groups in total. The Bertz CT molecular complexity index is 385. The minimum atomic E-state index is -3.45. The Kier molecular flexibility index (Phi) is 4.85. The average molecular weight is 311 g/mol. The molecule has 0 aromatic rings. The van der Waals surface area contributed by atoms with Gasteiger partial charge in [-0.25, -0.2) is 16.8 Å². The Morgan fingerprint density at radius 3 is 1.19 bits per heavy atom. The molecule has 0 unspecified atom stereocenters. The van der Waals surface area contributed by atoms with Crippen molar-refractivity contribution in [3.8, 4) is 0 Å². The fourth-order valence-corrected chi connectivity index (χ4v) is 3.91. The van der Waals surface area contributed by atoms with E-state index in [9.17, 15) is 16.8 Å². The molecule has 16 heavy (non-hydrogen) atoms. The third-order valence-corrected chi connectivity index (χ3v) is 6.77. The second kappa shape index (κ2) is 5.36. The molecule has 1 aliphatic rings. The van der Waals surface area contributed by atoms with Gasteiger partial charge in [0.25, 0.3) is 0 Å². The van der Waals surface area contributed by atoms with Crippen molar-refractivity contribution in [1.82, 2.24) is 8.61 Å². The predicted molar refractivity (Wildman–Crippen MR) is 62.4 cm³/mol. The lowest BCUT2D eigenvalue weighted by molar-refractivity contribution is 0.274. The quantitative estimate of drug-likeness (QED) is 0.666. The third kappa shape index (κ3) is 3.21. The molecule has 0 aromatic carbocycles. The summed E-state index contributed by atoms with van der Waals surface area (Å²) in [5.74, 6) is 0. The van der Waals surface area contributed by atoms with Crippen molar-refractivity contribution in [2.24, 2.45) is 0 Å². The fraction of sp³-hybridized carbons (Fsp3) is 1.00. The van der Waals surface area contributed by atoms with E-state index >= 15 is 0 Å². The lowest BCUT2D eigenvalue weighted by Gasteiger charge is -2.32. The average Bonchev–Trinajstić information content (AvgIpc) is 2.29. The molecule has 0 aliphatic carbocycles. The molecular weight excluding hydrogens is 299 g/mol. The Morgan fingerprint density at radius 2 is 1.00 bits per heavy atom. The van der Waals surface area contributed by atoms with Gasteiger partial charge in [-0.05, 0) is 0 Å². The van der Waals surface area contributed by atoms with E-state index in [1.807, 2.05) is 0 Å². The van der Waals surface area contributed by atoms with Crippen molar-refractivity contribution < 1.29 is 16.8 Å². The van der Waals surface area contributed by atoms with Crippen LogP contribution in [-0.4, -0.2) is 62.0 Å². The van der Waals surface area contributed by atoms with Gasteiger partial charge in [0.1, 0.15) is 10.4 Å². The Labute approximate surface area is 105 Å². The zero-order chi connectivity index (χ0) is 12.4. The van der Waals surface area contributed by atoms with Gasteiger partial charge in [0.2, 0.25) is 20.0 Å². The van der Waals surface area contributed by atoms with Crippen LogP contribution in [0.4, 0.5) is 0 Å². The summed E-state index contributed by atoms with van der Waals surface area (Å²) in [6.45, 7) is 0.465. The molecule has 1 saturated heterocycles. The maximum atomic E-state index is 11.4. The first-order valence-corrected chi connectivity index (χ1v) is 8.70. The standard InChI is InChI=1S/C6H12Cl2N2O4S2/c7-5-15(11,12)9-1-2-10(4-3-9)16(13,14)6-8/h1-6H2. The number of hydrogen-bond donors (Lipinski definition) is 0. The number of alkyl halides is 2.